The number of carbonyl (C=O) groups excluding carboxylic acids is 2. The monoisotopic (exact) mass is 435 g/mol. The Morgan fingerprint density at radius 1 is 1.09 bits per heavy atom. The normalized spacial score (nSPS) is 23.3. The predicted octanol–water partition coefficient (Wildman–Crippen LogP) is 4.27. The molecule has 2 amide bonds. The van der Waals surface area contributed by atoms with E-state index in [1.807, 2.05) is 54.4 Å². The van der Waals surface area contributed by atoms with Gasteiger partial charge in [0.05, 0.1) is 12.1 Å². The van der Waals surface area contributed by atoms with Crippen molar-refractivity contribution in [2.75, 3.05) is 19.0 Å². The second-order valence-electron chi connectivity index (χ2n) is 9.03. The predicted molar refractivity (Wildman–Crippen MR) is 121 cm³/mol. The van der Waals surface area contributed by atoms with Crippen molar-refractivity contribution >= 4 is 17.9 Å². The fourth-order valence-corrected chi connectivity index (χ4v) is 5.12. The number of anilines is 1. The Morgan fingerprint density at radius 2 is 1.88 bits per heavy atom. The molecule has 2 fully saturated rings. The topological polar surface area (TPSA) is 71.1 Å². The molecule has 3 unspecified atom stereocenters. The van der Waals surface area contributed by atoms with E-state index in [2.05, 4.69) is 17.3 Å². The third-order valence-electron chi connectivity index (χ3n) is 6.96. The number of hydrogen-bond donors (Lipinski definition) is 1. The van der Waals surface area contributed by atoms with E-state index in [4.69, 9.17) is 9.47 Å². The second kappa shape index (κ2) is 8.37. The lowest BCUT2D eigenvalue weighted by Gasteiger charge is -2.30. The molecule has 0 radical (unpaired) electrons. The Balaban J connectivity index is 1.23. The van der Waals surface area contributed by atoms with E-state index in [9.17, 15) is 9.59 Å². The number of fused-ring (bicyclic) bond motifs is 3. The molecule has 0 aromatic heterocycles. The van der Waals surface area contributed by atoms with Crippen molar-refractivity contribution in [1.29, 1.82) is 0 Å². The number of carbonyl (C=O) groups is 2. The molecule has 2 saturated carbocycles. The SMILES string of the molecule is CN(C(=O)NC1CCC2c3cc(OC(=O)OCc4ccccc4)ccc3N(C)C12)C1CC1. The van der Waals surface area contributed by atoms with Crippen LogP contribution in [0.2, 0.25) is 0 Å². The Morgan fingerprint density at radius 3 is 2.62 bits per heavy atom. The lowest BCUT2D eigenvalue weighted by molar-refractivity contribution is 0.0927. The molecule has 0 spiro atoms. The molecule has 0 saturated heterocycles. The molecule has 3 aliphatic rings. The zero-order valence-electron chi connectivity index (χ0n) is 18.5. The largest absolute Gasteiger partial charge is 0.514 e. The molecule has 32 heavy (non-hydrogen) atoms. The lowest BCUT2D eigenvalue weighted by atomic mass is 9.97. The third kappa shape index (κ3) is 3.99. The Labute approximate surface area is 188 Å². The molecular weight excluding hydrogens is 406 g/mol. The summed E-state index contributed by atoms with van der Waals surface area (Å²) in [5, 5.41) is 3.26. The number of hydrogen-bond acceptors (Lipinski definition) is 5. The van der Waals surface area contributed by atoms with E-state index in [-0.39, 0.29) is 24.7 Å². The van der Waals surface area contributed by atoms with Gasteiger partial charge >= 0.3 is 12.2 Å². The van der Waals surface area contributed by atoms with Crippen molar-refractivity contribution in [2.45, 2.75) is 56.3 Å². The average Bonchev–Trinajstić information content (AvgIpc) is 3.51. The van der Waals surface area contributed by atoms with Crippen LogP contribution in [0.5, 0.6) is 5.75 Å². The first kappa shape index (κ1) is 20.7. The van der Waals surface area contributed by atoms with E-state index in [1.165, 1.54) is 0 Å². The highest BCUT2D eigenvalue weighted by Gasteiger charge is 2.47. The number of likely N-dealkylation sites (N-methyl/N-ethyl adjacent to an activating group) is 1. The maximum atomic E-state index is 12.6. The molecule has 0 bridgehead atoms. The van der Waals surface area contributed by atoms with Gasteiger partial charge in [-0.1, -0.05) is 30.3 Å². The Hall–Kier alpha value is -3.22. The standard InChI is InChI=1S/C25H29N3O4/c1-27(17-8-9-17)24(29)26-21-12-11-19-20-14-18(10-13-22(20)28(2)23(19)21)32-25(30)31-15-16-6-4-3-5-7-16/h3-7,10,13-14,17,19,21,23H,8-9,11-12,15H2,1-2H3,(H,26,29). The summed E-state index contributed by atoms with van der Waals surface area (Å²) in [6, 6.07) is 16.0. The van der Waals surface area contributed by atoms with E-state index < -0.39 is 6.16 Å². The quantitative estimate of drug-likeness (QED) is 0.561. The van der Waals surface area contributed by atoms with Gasteiger partial charge in [0, 0.05) is 31.7 Å². The summed E-state index contributed by atoms with van der Waals surface area (Å²) in [4.78, 5) is 28.9. The smallest absolute Gasteiger partial charge is 0.429 e. The van der Waals surface area contributed by atoms with Crippen LogP contribution in [0.25, 0.3) is 0 Å². The highest BCUT2D eigenvalue weighted by atomic mass is 16.7. The van der Waals surface area contributed by atoms with Crippen LogP contribution in [-0.2, 0) is 11.3 Å². The number of ether oxygens (including phenoxy) is 2. The molecular formula is C25H29N3O4. The van der Waals surface area contributed by atoms with Crippen molar-refractivity contribution in [3.05, 3.63) is 59.7 Å². The van der Waals surface area contributed by atoms with E-state index in [0.29, 0.717) is 17.7 Å². The first-order chi connectivity index (χ1) is 15.5. The van der Waals surface area contributed by atoms with E-state index >= 15 is 0 Å². The van der Waals surface area contributed by atoms with Crippen molar-refractivity contribution in [3.63, 3.8) is 0 Å². The summed E-state index contributed by atoms with van der Waals surface area (Å²) in [6.45, 7) is 0.175. The van der Waals surface area contributed by atoms with E-state index in [0.717, 1.165) is 42.5 Å². The highest BCUT2D eigenvalue weighted by Crippen LogP contribution is 2.49. The van der Waals surface area contributed by atoms with Crippen molar-refractivity contribution < 1.29 is 19.1 Å². The zero-order chi connectivity index (χ0) is 22.2. The van der Waals surface area contributed by atoms with Crippen molar-refractivity contribution in [1.82, 2.24) is 10.2 Å². The number of nitrogens with one attached hydrogen (secondary N) is 1. The van der Waals surface area contributed by atoms with Crippen LogP contribution in [0, 0.1) is 0 Å². The molecule has 7 heteroatoms. The lowest BCUT2D eigenvalue weighted by Crippen LogP contribution is -2.51. The van der Waals surface area contributed by atoms with Gasteiger partial charge in [0.25, 0.3) is 0 Å². The number of amides is 2. The van der Waals surface area contributed by atoms with Gasteiger partial charge in [0.2, 0.25) is 0 Å². The average molecular weight is 436 g/mol. The maximum Gasteiger partial charge on any atom is 0.514 e. The van der Waals surface area contributed by atoms with Gasteiger partial charge in [-0.05, 0) is 55.0 Å². The fraction of sp³-hybridized carbons (Fsp3) is 0.440. The Kier molecular flexibility index (Phi) is 5.41. The summed E-state index contributed by atoms with van der Waals surface area (Å²) in [7, 11) is 3.96. The minimum atomic E-state index is -0.712. The first-order valence-corrected chi connectivity index (χ1v) is 11.3. The summed E-state index contributed by atoms with van der Waals surface area (Å²) < 4.78 is 10.7. The molecule has 2 aromatic carbocycles. The molecule has 2 aromatic rings. The number of nitrogens with zero attached hydrogens (tertiary/aromatic N) is 2. The highest BCUT2D eigenvalue weighted by molar-refractivity contribution is 5.76. The minimum Gasteiger partial charge on any atom is -0.429 e. The van der Waals surface area contributed by atoms with Gasteiger partial charge in [-0.2, -0.15) is 0 Å². The molecule has 7 nitrogen and oxygen atoms in total. The van der Waals surface area contributed by atoms with Crippen LogP contribution in [0.1, 0.15) is 42.7 Å². The number of rotatable bonds is 5. The summed E-state index contributed by atoms with van der Waals surface area (Å²) in [5.74, 6) is 0.784. The second-order valence-corrected chi connectivity index (χ2v) is 9.03. The van der Waals surface area contributed by atoms with Gasteiger partial charge in [-0.15, -0.1) is 0 Å². The number of benzene rings is 2. The minimum absolute atomic E-state index is 0.0210. The molecule has 3 atom stereocenters. The van der Waals surface area contributed by atoms with Gasteiger partial charge in [0.15, 0.2) is 0 Å². The molecule has 1 N–H and O–H groups in total. The molecule has 168 valence electrons. The molecule has 1 aliphatic heterocycles. The van der Waals surface area contributed by atoms with Gasteiger partial charge in [0.1, 0.15) is 12.4 Å². The van der Waals surface area contributed by atoms with Crippen molar-refractivity contribution in [3.8, 4) is 5.75 Å². The fourth-order valence-electron chi connectivity index (χ4n) is 5.12. The molecule has 2 aliphatic carbocycles. The summed E-state index contributed by atoms with van der Waals surface area (Å²) in [5.41, 5.74) is 3.20. The third-order valence-corrected chi connectivity index (χ3v) is 6.96. The van der Waals surface area contributed by atoms with Crippen LogP contribution in [0.4, 0.5) is 15.3 Å². The molecule has 1 heterocycles. The number of urea groups is 1. The van der Waals surface area contributed by atoms with Crippen LogP contribution >= 0.6 is 0 Å². The van der Waals surface area contributed by atoms with Crippen LogP contribution in [0.3, 0.4) is 0 Å². The maximum absolute atomic E-state index is 12.6. The Bertz CT molecular complexity index is 1010. The summed E-state index contributed by atoms with van der Waals surface area (Å²) in [6.07, 6.45) is 3.41. The first-order valence-electron chi connectivity index (χ1n) is 11.3. The van der Waals surface area contributed by atoms with Crippen LogP contribution in [0.15, 0.2) is 48.5 Å². The van der Waals surface area contributed by atoms with Gasteiger partial charge < -0.3 is 24.6 Å². The summed E-state index contributed by atoms with van der Waals surface area (Å²) >= 11 is 0. The van der Waals surface area contributed by atoms with Crippen LogP contribution in [-0.4, -0.2) is 49.3 Å². The van der Waals surface area contributed by atoms with Gasteiger partial charge in [-0.3, -0.25) is 0 Å². The zero-order valence-corrected chi connectivity index (χ0v) is 18.5. The van der Waals surface area contributed by atoms with E-state index in [1.54, 1.807) is 6.07 Å². The van der Waals surface area contributed by atoms with Crippen LogP contribution < -0.4 is 15.0 Å². The molecule has 5 rings (SSSR count). The van der Waals surface area contributed by atoms with Gasteiger partial charge in [-0.25, -0.2) is 9.59 Å². The van der Waals surface area contributed by atoms with Crippen molar-refractivity contribution in [2.24, 2.45) is 0 Å².